The van der Waals surface area contributed by atoms with E-state index in [0.29, 0.717) is 5.69 Å². The van der Waals surface area contributed by atoms with Crippen molar-refractivity contribution in [2.24, 2.45) is 0 Å². The number of carbonyl (C=O) groups is 2. The number of methoxy groups -OCH3 is 1. The summed E-state index contributed by atoms with van der Waals surface area (Å²) >= 11 is 0. The highest BCUT2D eigenvalue weighted by Crippen LogP contribution is 2.26. The molecule has 17 heavy (non-hydrogen) atoms. The minimum atomic E-state index is -1.15. The number of aliphatic carboxylic acids is 1. The zero-order valence-electron chi connectivity index (χ0n) is 10.0. The summed E-state index contributed by atoms with van der Waals surface area (Å²) in [5.74, 6) is -0.924. The van der Waals surface area contributed by atoms with Crippen molar-refractivity contribution >= 4 is 17.6 Å². The summed E-state index contributed by atoms with van der Waals surface area (Å²) < 4.78 is 5.19. The van der Waals surface area contributed by atoms with E-state index >= 15 is 0 Å². The third-order valence-electron chi connectivity index (χ3n) is 2.26. The first-order chi connectivity index (χ1) is 7.93. The summed E-state index contributed by atoms with van der Waals surface area (Å²) in [6.45, 7) is 3.72. The molecule has 1 amide bonds. The number of amides is 1. The van der Waals surface area contributed by atoms with Gasteiger partial charge in [-0.2, -0.15) is 0 Å². The van der Waals surface area contributed by atoms with Gasteiger partial charge in [0.1, 0.15) is 12.2 Å². The number of hydrogen-bond donors (Lipinski definition) is 2. The molecule has 0 aliphatic heterocycles. The van der Waals surface area contributed by atoms with E-state index in [1.807, 2.05) is 13.8 Å². The molecule has 0 radical (unpaired) electrons. The van der Waals surface area contributed by atoms with Crippen LogP contribution in [0.2, 0.25) is 0 Å². The molecule has 0 saturated heterocycles. The molecule has 0 unspecified atom stereocenters. The van der Waals surface area contributed by atoms with Gasteiger partial charge in [0.2, 0.25) is 5.91 Å². The van der Waals surface area contributed by atoms with Crippen LogP contribution in [-0.2, 0) is 9.59 Å². The summed E-state index contributed by atoms with van der Waals surface area (Å²) in [4.78, 5) is 21.6. The average Bonchev–Trinajstić information content (AvgIpc) is 2.15. The van der Waals surface area contributed by atoms with Crippen molar-refractivity contribution in [1.82, 2.24) is 0 Å². The Morgan fingerprint density at radius 1 is 1.29 bits per heavy atom. The highest BCUT2D eigenvalue weighted by molar-refractivity contribution is 6.01. The van der Waals surface area contributed by atoms with Gasteiger partial charge in [-0.3, -0.25) is 9.59 Å². The number of nitrogens with one attached hydrogen (secondary N) is 1. The second kappa shape index (κ2) is 5.34. The van der Waals surface area contributed by atoms with Gasteiger partial charge >= 0.3 is 5.97 Å². The van der Waals surface area contributed by atoms with Crippen molar-refractivity contribution in [3.05, 3.63) is 23.3 Å². The predicted octanol–water partition coefficient (Wildman–Crippen LogP) is 1.73. The first-order valence-electron chi connectivity index (χ1n) is 5.11. The lowest BCUT2D eigenvalue weighted by Gasteiger charge is -2.11. The van der Waals surface area contributed by atoms with E-state index in [0.717, 1.165) is 16.9 Å². The van der Waals surface area contributed by atoms with Crippen LogP contribution in [0.15, 0.2) is 12.1 Å². The Morgan fingerprint density at radius 3 is 2.24 bits per heavy atom. The minimum absolute atomic E-state index is 0.538. The first-order valence-corrected chi connectivity index (χ1v) is 5.11. The molecule has 0 aromatic heterocycles. The SMILES string of the molecule is COc1c(C)cc(NC(=O)CC(=O)O)cc1C. The van der Waals surface area contributed by atoms with Crippen LogP contribution in [0, 0.1) is 13.8 Å². The Bertz CT molecular complexity index is 431. The van der Waals surface area contributed by atoms with Crippen molar-refractivity contribution in [2.45, 2.75) is 20.3 Å². The maximum Gasteiger partial charge on any atom is 0.312 e. The average molecular weight is 237 g/mol. The number of carboxylic acid groups (broad SMARTS) is 1. The molecule has 0 bridgehead atoms. The Labute approximate surface area is 99.4 Å². The van der Waals surface area contributed by atoms with Gasteiger partial charge in [0.25, 0.3) is 0 Å². The van der Waals surface area contributed by atoms with Gasteiger partial charge in [0, 0.05) is 5.69 Å². The van der Waals surface area contributed by atoms with E-state index in [1.54, 1.807) is 19.2 Å². The molecule has 0 atom stereocenters. The molecule has 0 heterocycles. The van der Waals surface area contributed by atoms with Gasteiger partial charge in [0.05, 0.1) is 7.11 Å². The summed E-state index contributed by atoms with van der Waals surface area (Å²) in [7, 11) is 1.58. The first kappa shape index (κ1) is 13.0. The third-order valence-corrected chi connectivity index (χ3v) is 2.26. The van der Waals surface area contributed by atoms with Gasteiger partial charge in [-0.1, -0.05) is 0 Å². The van der Waals surface area contributed by atoms with E-state index in [1.165, 1.54) is 0 Å². The summed E-state index contributed by atoms with van der Waals surface area (Å²) in [5, 5.41) is 11.0. The Hall–Kier alpha value is -2.04. The molecule has 5 nitrogen and oxygen atoms in total. The maximum absolute atomic E-state index is 11.3. The van der Waals surface area contributed by atoms with Crippen LogP contribution in [0.25, 0.3) is 0 Å². The molecule has 0 saturated carbocycles. The maximum atomic E-state index is 11.3. The highest BCUT2D eigenvalue weighted by Gasteiger charge is 2.10. The molecule has 0 fully saturated rings. The summed E-state index contributed by atoms with van der Waals surface area (Å²) in [5.41, 5.74) is 2.35. The van der Waals surface area contributed by atoms with Gasteiger partial charge in [-0.15, -0.1) is 0 Å². The number of carbonyl (C=O) groups excluding carboxylic acids is 1. The largest absolute Gasteiger partial charge is 0.496 e. The van der Waals surface area contributed by atoms with Crippen molar-refractivity contribution in [3.8, 4) is 5.75 Å². The normalized spacial score (nSPS) is 9.82. The lowest BCUT2D eigenvalue weighted by Crippen LogP contribution is -2.16. The summed E-state index contributed by atoms with van der Waals surface area (Å²) in [6, 6.07) is 3.48. The number of rotatable bonds is 4. The van der Waals surface area contributed by atoms with Gasteiger partial charge < -0.3 is 15.2 Å². The summed E-state index contributed by atoms with van der Waals surface area (Å²) in [6.07, 6.45) is -0.538. The molecule has 1 rings (SSSR count). The predicted molar refractivity (Wildman–Crippen MR) is 63.4 cm³/mol. The van der Waals surface area contributed by atoms with Crippen LogP contribution in [0.5, 0.6) is 5.75 Å². The quantitative estimate of drug-likeness (QED) is 0.782. The number of hydrogen-bond acceptors (Lipinski definition) is 3. The Balaban J connectivity index is 2.86. The van der Waals surface area contributed by atoms with Crippen molar-refractivity contribution < 1.29 is 19.4 Å². The van der Waals surface area contributed by atoms with Crippen LogP contribution in [0.3, 0.4) is 0 Å². The molecule has 1 aromatic carbocycles. The molecule has 1 aromatic rings. The number of aryl methyl sites for hydroxylation is 2. The fourth-order valence-electron chi connectivity index (χ4n) is 1.69. The van der Waals surface area contributed by atoms with Crippen LogP contribution in [0.4, 0.5) is 5.69 Å². The molecule has 0 spiro atoms. The number of ether oxygens (including phenoxy) is 1. The van der Waals surface area contributed by atoms with E-state index < -0.39 is 18.3 Å². The van der Waals surface area contributed by atoms with E-state index in [9.17, 15) is 9.59 Å². The van der Waals surface area contributed by atoms with E-state index in [-0.39, 0.29) is 0 Å². The molecular weight excluding hydrogens is 222 g/mol. The molecule has 2 N–H and O–H groups in total. The van der Waals surface area contributed by atoms with Crippen LogP contribution in [0.1, 0.15) is 17.5 Å². The fraction of sp³-hybridized carbons (Fsp3) is 0.333. The van der Waals surface area contributed by atoms with Crippen LogP contribution < -0.4 is 10.1 Å². The zero-order valence-corrected chi connectivity index (χ0v) is 10.0. The Kier molecular flexibility index (Phi) is 4.09. The fourth-order valence-corrected chi connectivity index (χ4v) is 1.69. The second-order valence-corrected chi connectivity index (χ2v) is 3.76. The van der Waals surface area contributed by atoms with Crippen molar-refractivity contribution in [1.29, 1.82) is 0 Å². The number of anilines is 1. The number of carboxylic acids is 1. The lowest BCUT2D eigenvalue weighted by atomic mass is 10.1. The second-order valence-electron chi connectivity index (χ2n) is 3.76. The zero-order chi connectivity index (χ0) is 13.0. The smallest absolute Gasteiger partial charge is 0.312 e. The van der Waals surface area contributed by atoms with Crippen molar-refractivity contribution in [2.75, 3.05) is 12.4 Å². The van der Waals surface area contributed by atoms with Gasteiger partial charge in [-0.05, 0) is 37.1 Å². The minimum Gasteiger partial charge on any atom is -0.496 e. The third kappa shape index (κ3) is 3.48. The van der Waals surface area contributed by atoms with Crippen LogP contribution >= 0.6 is 0 Å². The molecule has 5 heteroatoms. The van der Waals surface area contributed by atoms with E-state index in [2.05, 4.69) is 5.32 Å². The topological polar surface area (TPSA) is 75.6 Å². The number of benzene rings is 1. The van der Waals surface area contributed by atoms with Crippen molar-refractivity contribution in [3.63, 3.8) is 0 Å². The standard InChI is InChI=1S/C12H15NO4/c1-7-4-9(5-8(2)12(7)17-3)13-10(14)6-11(15)16/h4-5H,6H2,1-3H3,(H,13,14)(H,15,16). The molecule has 92 valence electrons. The molecule has 0 aliphatic carbocycles. The molecule has 0 aliphatic rings. The monoisotopic (exact) mass is 237 g/mol. The lowest BCUT2D eigenvalue weighted by molar-refractivity contribution is -0.139. The van der Waals surface area contributed by atoms with Gasteiger partial charge in [-0.25, -0.2) is 0 Å². The molecular formula is C12H15NO4. The van der Waals surface area contributed by atoms with Gasteiger partial charge in [0.15, 0.2) is 0 Å². The Morgan fingerprint density at radius 2 is 1.82 bits per heavy atom. The van der Waals surface area contributed by atoms with E-state index in [4.69, 9.17) is 9.84 Å². The van der Waals surface area contributed by atoms with Crippen LogP contribution in [-0.4, -0.2) is 24.1 Å². The highest BCUT2D eigenvalue weighted by atomic mass is 16.5.